The Kier molecular flexibility index (Phi) is 10.8. The van der Waals surface area contributed by atoms with Gasteiger partial charge < -0.3 is 14.2 Å². The predicted octanol–water partition coefficient (Wildman–Crippen LogP) is 4.40. The summed E-state index contributed by atoms with van der Waals surface area (Å²) in [4.78, 5) is 34.0. The lowest BCUT2D eigenvalue weighted by Crippen LogP contribution is -2.10. The molecule has 0 heterocycles. The Hall–Kier alpha value is -3.15. The molecule has 0 aliphatic carbocycles. The fourth-order valence-corrected chi connectivity index (χ4v) is 2.09. The van der Waals surface area contributed by atoms with Crippen LogP contribution >= 0.6 is 0 Å². The molecule has 0 saturated heterocycles. The lowest BCUT2D eigenvalue weighted by molar-refractivity contribution is -0.153. The number of unbranched alkanes of at least 4 members (excludes halogenated alkanes) is 3. The molecular weight excluding hydrogens is 372 g/mol. The van der Waals surface area contributed by atoms with E-state index in [1.54, 1.807) is 37.3 Å². The minimum absolute atomic E-state index is 0.166. The molecule has 0 aliphatic heterocycles. The third-order valence-corrected chi connectivity index (χ3v) is 3.72. The maximum atomic E-state index is 11.5. The van der Waals surface area contributed by atoms with Crippen LogP contribution in [0.4, 0.5) is 0 Å². The zero-order valence-electron chi connectivity index (χ0n) is 17.1. The number of carbonyl (C=O) groups excluding carboxylic acids is 3. The molecule has 156 valence electrons. The lowest BCUT2D eigenvalue weighted by atomic mass is 10.2. The summed E-state index contributed by atoms with van der Waals surface area (Å²) >= 11 is 0. The summed E-state index contributed by atoms with van der Waals surface area (Å²) < 4.78 is 15.3. The van der Waals surface area contributed by atoms with Crippen LogP contribution in [0, 0.1) is 0 Å². The molecule has 0 unspecified atom stereocenters. The van der Waals surface area contributed by atoms with E-state index in [4.69, 9.17) is 9.47 Å². The Balaban J connectivity index is 2.21. The number of hydrogen-bond donors (Lipinski definition) is 0. The molecule has 0 aliphatic rings. The van der Waals surface area contributed by atoms with Crippen molar-refractivity contribution in [2.24, 2.45) is 0 Å². The highest BCUT2D eigenvalue weighted by Gasteiger charge is 2.07. The van der Waals surface area contributed by atoms with Crippen molar-refractivity contribution in [3.63, 3.8) is 0 Å². The number of carbonyl (C=O) groups is 3. The average molecular weight is 400 g/mol. The van der Waals surface area contributed by atoms with Gasteiger partial charge in [-0.3, -0.25) is 0 Å². The van der Waals surface area contributed by atoms with Gasteiger partial charge in [-0.05, 0) is 63.3 Å². The van der Waals surface area contributed by atoms with Gasteiger partial charge in [0.15, 0.2) is 0 Å². The molecule has 0 N–H and O–H groups in total. The molecule has 1 rings (SSSR count). The first-order valence-corrected chi connectivity index (χ1v) is 9.45. The van der Waals surface area contributed by atoms with Gasteiger partial charge in [0, 0.05) is 17.2 Å². The minimum atomic E-state index is -0.743. The highest BCUT2D eigenvalue weighted by atomic mass is 16.6. The third kappa shape index (κ3) is 10.7. The monoisotopic (exact) mass is 400 g/mol. The van der Waals surface area contributed by atoms with E-state index < -0.39 is 11.9 Å². The van der Waals surface area contributed by atoms with E-state index in [1.165, 1.54) is 13.0 Å². The van der Waals surface area contributed by atoms with Crippen LogP contribution < -0.4 is 4.74 Å². The van der Waals surface area contributed by atoms with Crippen molar-refractivity contribution in [1.29, 1.82) is 0 Å². The van der Waals surface area contributed by atoms with Crippen LogP contribution in [-0.4, -0.2) is 31.1 Å². The summed E-state index contributed by atoms with van der Waals surface area (Å²) in [6.07, 6.45) is 6.40. The van der Waals surface area contributed by atoms with E-state index in [2.05, 4.69) is 17.9 Å². The van der Waals surface area contributed by atoms with Crippen molar-refractivity contribution in [3.8, 4) is 5.75 Å². The minimum Gasteiger partial charge on any atom is -0.494 e. The fraction of sp³-hybridized carbons (Fsp3) is 0.348. The van der Waals surface area contributed by atoms with E-state index in [1.807, 2.05) is 0 Å². The summed E-state index contributed by atoms with van der Waals surface area (Å²) in [6, 6.07) is 7.22. The number of hydrogen-bond acceptors (Lipinski definition) is 6. The number of esters is 3. The largest absolute Gasteiger partial charge is 0.494 e. The third-order valence-electron chi connectivity index (χ3n) is 3.72. The fourth-order valence-electron chi connectivity index (χ4n) is 2.09. The Morgan fingerprint density at radius 2 is 1.45 bits per heavy atom. The Bertz CT molecular complexity index is 758. The molecule has 6 nitrogen and oxygen atoms in total. The normalized spacial score (nSPS) is 10.4. The van der Waals surface area contributed by atoms with Crippen LogP contribution in [0.1, 0.15) is 45.1 Å². The Labute approximate surface area is 171 Å². The molecule has 0 spiro atoms. The van der Waals surface area contributed by atoms with Crippen molar-refractivity contribution in [1.82, 2.24) is 0 Å². The van der Waals surface area contributed by atoms with Crippen molar-refractivity contribution >= 4 is 24.0 Å². The van der Waals surface area contributed by atoms with E-state index >= 15 is 0 Å². The van der Waals surface area contributed by atoms with Gasteiger partial charge in [-0.2, -0.15) is 0 Å². The molecule has 0 amide bonds. The molecule has 0 bridgehead atoms. The smallest absolute Gasteiger partial charge is 0.340 e. The predicted molar refractivity (Wildman–Crippen MR) is 111 cm³/mol. The van der Waals surface area contributed by atoms with Crippen LogP contribution in [0.2, 0.25) is 0 Å². The summed E-state index contributed by atoms with van der Waals surface area (Å²) in [6.45, 7) is 11.1. The Morgan fingerprint density at radius 1 is 0.862 bits per heavy atom. The second-order valence-corrected chi connectivity index (χ2v) is 6.57. The standard InChI is InChI=1S/C23H28O6/c1-17(2)22(25)28-16-8-6-5-7-15-27-20-12-9-19(10-13-20)11-14-21(24)29-23(26)18(3)4/h9-14H,1,3,5-8,15-16H2,2,4H3. The van der Waals surface area contributed by atoms with Gasteiger partial charge >= 0.3 is 17.9 Å². The van der Waals surface area contributed by atoms with Crippen LogP contribution in [0.25, 0.3) is 6.08 Å². The first-order chi connectivity index (χ1) is 13.8. The van der Waals surface area contributed by atoms with Gasteiger partial charge in [-0.25, -0.2) is 14.4 Å². The van der Waals surface area contributed by atoms with Gasteiger partial charge in [-0.15, -0.1) is 0 Å². The first-order valence-electron chi connectivity index (χ1n) is 9.45. The molecule has 0 radical (unpaired) electrons. The summed E-state index contributed by atoms with van der Waals surface area (Å²) in [7, 11) is 0. The topological polar surface area (TPSA) is 78.9 Å². The van der Waals surface area contributed by atoms with Crippen LogP contribution in [0.15, 0.2) is 54.6 Å². The first kappa shape index (κ1) is 23.9. The van der Waals surface area contributed by atoms with Gasteiger partial charge in [0.2, 0.25) is 0 Å². The molecule has 0 atom stereocenters. The number of ether oxygens (including phenoxy) is 3. The van der Waals surface area contributed by atoms with Gasteiger partial charge in [-0.1, -0.05) is 25.3 Å². The van der Waals surface area contributed by atoms with E-state index in [-0.39, 0.29) is 11.5 Å². The van der Waals surface area contributed by atoms with E-state index in [9.17, 15) is 14.4 Å². The van der Waals surface area contributed by atoms with E-state index in [0.717, 1.165) is 37.0 Å². The highest BCUT2D eigenvalue weighted by molar-refractivity contribution is 6.00. The number of benzene rings is 1. The molecule has 0 fully saturated rings. The van der Waals surface area contributed by atoms with Gasteiger partial charge in [0.05, 0.1) is 13.2 Å². The maximum absolute atomic E-state index is 11.5. The number of rotatable bonds is 12. The van der Waals surface area contributed by atoms with Crippen molar-refractivity contribution in [2.45, 2.75) is 39.5 Å². The molecule has 0 aromatic heterocycles. The van der Waals surface area contributed by atoms with Crippen LogP contribution in [0.3, 0.4) is 0 Å². The second kappa shape index (κ2) is 13.1. The van der Waals surface area contributed by atoms with E-state index in [0.29, 0.717) is 18.8 Å². The summed E-state index contributed by atoms with van der Waals surface area (Å²) in [5.74, 6) is -1.09. The quantitative estimate of drug-likeness (QED) is 0.224. The van der Waals surface area contributed by atoms with Gasteiger partial charge in [0.1, 0.15) is 5.75 Å². The SMILES string of the molecule is C=C(C)C(=O)OCCCCCCOc1ccc(C=CC(=O)OC(=O)C(=C)C)cc1. The Morgan fingerprint density at radius 3 is 2.03 bits per heavy atom. The molecule has 29 heavy (non-hydrogen) atoms. The highest BCUT2D eigenvalue weighted by Crippen LogP contribution is 2.14. The summed E-state index contributed by atoms with van der Waals surface area (Å²) in [5.41, 5.74) is 1.36. The van der Waals surface area contributed by atoms with Crippen LogP contribution in [0.5, 0.6) is 5.75 Å². The molecule has 1 aromatic rings. The molecular formula is C23H28O6. The molecule has 0 saturated carbocycles. The summed E-state index contributed by atoms with van der Waals surface area (Å²) in [5, 5.41) is 0. The zero-order chi connectivity index (χ0) is 21.6. The van der Waals surface area contributed by atoms with Gasteiger partial charge in [0.25, 0.3) is 0 Å². The second-order valence-electron chi connectivity index (χ2n) is 6.57. The average Bonchev–Trinajstić information content (AvgIpc) is 2.68. The zero-order valence-corrected chi connectivity index (χ0v) is 17.1. The van der Waals surface area contributed by atoms with Crippen molar-refractivity contribution < 1.29 is 28.6 Å². The van der Waals surface area contributed by atoms with Crippen LogP contribution in [-0.2, 0) is 23.9 Å². The molecule has 1 aromatic carbocycles. The molecule has 6 heteroatoms. The lowest BCUT2D eigenvalue weighted by Gasteiger charge is -2.07. The maximum Gasteiger partial charge on any atom is 0.340 e. The van der Waals surface area contributed by atoms with Crippen molar-refractivity contribution in [3.05, 3.63) is 60.2 Å². The van der Waals surface area contributed by atoms with Crippen molar-refractivity contribution in [2.75, 3.05) is 13.2 Å².